The molecule has 0 radical (unpaired) electrons. The van der Waals surface area contributed by atoms with E-state index in [2.05, 4.69) is 15.3 Å². The number of hydrogen-bond acceptors (Lipinski definition) is 2. The Balaban J connectivity index is 0.00000220. The summed E-state index contributed by atoms with van der Waals surface area (Å²) in [6.45, 7) is 4.29. The van der Waals surface area contributed by atoms with Crippen LogP contribution < -0.4 is 11.1 Å². The van der Waals surface area contributed by atoms with Crippen molar-refractivity contribution in [1.29, 1.82) is 0 Å². The Hall–Kier alpha value is -1.64. The zero-order valence-electron chi connectivity index (χ0n) is 12.0. The highest BCUT2D eigenvalue weighted by Crippen LogP contribution is 2.15. The van der Waals surface area contributed by atoms with Crippen LogP contribution in [0.3, 0.4) is 0 Å². The monoisotopic (exact) mass is 403 g/mol. The Morgan fingerprint density at radius 1 is 1.48 bits per heavy atom. The van der Waals surface area contributed by atoms with Crippen LogP contribution in [0.5, 0.6) is 0 Å². The molecular weight excluding hydrogens is 384 g/mol. The molecule has 3 N–H and O–H groups in total. The maximum atomic E-state index is 14.0. The number of nitrogens with two attached hydrogens (primary N) is 1. The zero-order valence-corrected chi connectivity index (χ0v) is 14.3. The van der Waals surface area contributed by atoms with Gasteiger partial charge in [-0.15, -0.1) is 24.0 Å². The number of halogens is 2. The molecule has 1 aromatic heterocycles. The number of imidazole rings is 1. The van der Waals surface area contributed by atoms with E-state index in [0.29, 0.717) is 18.2 Å². The fourth-order valence-electron chi connectivity index (χ4n) is 1.78. The number of nitrogens with zero attached hydrogens (tertiary/aromatic N) is 3. The summed E-state index contributed by atoms with van der Waals surface area (Å²) in [5.74, 6) is 0.0465. The minimum absolute atomic E-state index is 0. The third-order valence-electron chi connectivity index (χ3n) is 2.66. The number of nitrogens with one attached hydrogen (secondary N) is 1. The SMILES string of the molecule is CC(C)NC(N)=NCc1ccc(-n2ccnc2)c(F)c1.I. The molecule has 2 rings (SSSR count). The van der Waals surface area contributed by atoms with E-state index in [-0.39, 0.29) is 35.8 Å². The lowest BCUT2D eigenvalue weighted by atomic mass is 10.2. The number of hydrogen-bond donors (Lipinski definition) is 2. The van der Waals surface area contributed by atoms with E-state index in [1.807, 2.05) is 19.9 Å². The number of guanidine groups is 1. The molecule has 21 heavy (non-hydrogen) atoms. The van der Waals surface area contributed by atoms with Gasteiger partial charge in [-0.3, -0.25) is 0 Å². The van der Waals surface area contributed by atoms with Crippen molar-refractivity contribution in [3.05, 3.63) is 48.3 Å². The first kappa shape index (κ1) is 17.4. The van der Waals surface area contributed by atoms with Crippen LogP contribution in [0.1, 0.15) is 19.4 Å². The molecule has 0 atom stereocenters. The van der Waals surface area contributed by atoms with Gasteiger partial charge in [0.1, 0.15) is 5.82 Å². The minimum Gasteiger partial charge on any atom is -0.370 e. The largest absolute Gasteiger partial charge is 0.370 e. The first-order valence-electron chi connectivity index (χ1n) is 6.39. The van der Waals surface area contributed by atoms with Crippen molar-refractivity contribution in [2.24, 2.45) is 10.7 Å². The van der Waals surface area contributed by atoms with Crippen molar-refractivity contribution in [2.75, 3.05) is 0 Å². The summed E-state index contributed by atoms with van der Waals surface area (Å²) in [4.78, 5) is 8.06. The van der Waals surface area contributed by atoms with Crippen LogP contribution in [0, 0.1) is 5.82 Å². The van der Waals surface area contributed by atoms with Gasteiger partial charge in [0, 0.05) is 18.4 Å². The van der Waals surface area contributed by atoms with Crippen LogP contribution in [0.4, 0.5) is 4.39 Å². The molecule has 0 aliphatic carbocycles. The Labute approximate surface area is 140 Å². The van der Waals surface area contributed by atoms with E-state index in [1.54, 1.807) is 29.4 Å². The predicted molar refractivity (Wildman–Crippen MR) is 92.5 cm³/mol. The highest BCUT2D eigenvalue weighted by molar-refractivity contribution is 14.0. The van der Waals surface area contributed by atoms with E-state index in [0.717, 1.165) is 5.56 Å². The Kier molecular flexibility index (Phi) is 6.60. The molecule has 0 aliphatic rings. The van der Waals surface area contributed by atoms with E-state index < -0.39 is 0 Å². The summed E-state index contributed by atoms with van der Waals surface area (Å²) in [7, 11) is 0. The molecule has 5 nitrogen and oxygen atoms in total. The average molecular weight is 403 g/mol. The van der Waals surface area contributed by atoms with Gasteiger partial charge in [-0.25, -0.2) is 14.4 Å². The third-order valence-corrected chi connectivity index (χ3v) is 2.66. The van der Waals surface area contributed by atoms with Gasteiger partial charge < -0.3 is 15.6 Å². The van der Waals surface area contributed by atoms with E-state index in [9.17, 15) is 4.39 Å². The van der Waals surface area contributed by atoms with Gasteiger partial charge in [0.05, 0.1) is 18.6 Å². The first-order chi connectivity index (χ1) is 9.56. The van der Waals surface area contributed by atoms with Crippen molar-refractivity contribution in [3.8, 4) is 5.69 Å². The van der Waals surface area contributed by atoms with E-state index in [1.165, 1.54) is 6.07 Å². The van der Waals surface area contributed by atoms with Crippen molar-refractivity contribution in [2.45, 2.75) is 26.4 Å². The number of aliphatic imine (C=N–C) groups is 1. The van der Waals surface area contributed by atoms with Crippen molar-refractivity contribution < 1.29 is 4.39 Å². The van der Waals surface area contributed by atoms with Crippen LogP contribution in [0.2, 0.25) is 0 Å². The van der Waals surface area contributed by atoms with Gasteiger partial charge in [-0.1, -0.05) is 6.07 Å². The molecule has 0 aliphatic heterocycles. The summed E-state index contributed by atoms with van der Waals surface area (Å²) in [5, 5.41) is 2.98. The highest BCUT2D eigenvalue weighted by Gasteiger charge is 2.05. The quantitative estimate of drug-likeness (QED) is 0.468. The Morgan fingerprint density at radius 2 is 2.24 bits per heavy atom. The number of rotatable bonds is 4. The zero-order chi connectivity index (χ0) is 14.5. The molecule has 0 spiro atoms. The Bertz CT molecular complexity index is 595. The summed E-state index contributed by atoms with van der Waals surface area (Å²) in [5.41, 5.74) is 6.93. The van der Waals surface area contributed by atoms with Crippen molar-refractivity contribution in [1.82, 2.24) is 14.9 Å². The predicted octanol–water partition coefficient (Wildman–Crippen LogP) is 2.44. The van der Waals surface area contributed by atoms with Gasteiger partial charge in [0.15, 0.2) is 5.96 Å². The van der Waals surface area contributed by atoms with Crippen LogP contribution in [-0.4, -0.2) is 21.6 Å². The summed E-state index contributed by atoms with van der Waals surface area (Å²) >= 11 is 0. The highest BCUT2D eigenvalue weighted by atomic mass is 127. The number of benzene rings is 1. The molecule has 2 aromatic rings. The summed E-state index contributed by atoms with van der Waals surface area (Å²) in [6.07, 6.45) is 4.86. The lowest BCUT2D eigenvalue weighted by Gasteiger charge is -2.09. The lowest BCUT2D eigenvalue weighted by molar-refractivity contribution is 0.615. The van der Waals surface area contributed by atoms with Gasteiger partial charge in [0.25, 0.3) is 0 Å². The summed E-state index contributed by atoms with van der Waals surface area (Å²) in [6, 6.07) is 5.21. The maximum Gasteiger partial charge on any atom is 0.189 e. The molecule has 0 saturated heterocycles. The normalized spacial score (nSPS) is 11.3. The second-order valence-corrected chi connectivity index (χ2v) is 4.76. The first-order valence-corrected chi connectivity index (χ1v) is 6.39. The van der Waals surface area contributed by atoms with Gasteiger partial charge in [0.2, 0.25) is 0 Å². The molecule has 114 valence electrons. The average Bonchev–Trinajstić information content (AvgIpc) is 2.89. The van der Waals surface area contributed by atoms with Crippen molar-refractivity contribution >= 4 is 29.9 Å². The van der Waals surface area contributed by atoms with Crippen LogP contribution in [-0.2, 0) is 6.54 Å². The standard InChI is InChI=1S/C14H18FN5.HI/c1-10(2)19-14(16)18-8-11-3-4-13(12(15)7-11)20-6-5-17-9-20;/h3-7,9-10H,8H2,1-2H3,(H3,16,18,19);1H. The number of aromatic nitrogens is 2. The van der Waals surface area contributed by atoms with Crippen molar-refractivity contribution in [3.63, 3.8) is 0 Å². The molecule has 0 fully saturated rings. The second kappa shape index (κ2) is 7.96. The smallest absolute Gasteiger partial charge is 0.189 e. The lowest BCUT2D eigenvalue weighted by Crippen LogP contribution is -2.36. The van der Waals surface area contributed by atoms with E-state index >= 15 is 0 Å². The topological polar surface area (TPSA) is 68.2 Å². The molecule has 0 saturated carbocycles. The second-order valence-electron chi connectivity index (χ2n) is 4.76. The van der Waals surface area contributed by atoms with Gasteiger partial charge in [-0.05, 0) is 31.5 Å². The molecule has 7 heteroatoms. The Morgan fingerprint density at radius 3 is 2.81 bits per heavy atom. The van der Waals surface area contributed by atoms with Crippen LogP contribution in [0.25, 0.3) is 5.69 Å². The third kappa shape index (κ3) is 5.00. The molecule has 0 unspecified atom stereocenters. The molecular formula is C14H19FIN5. The van der Waals surface area contributed by atoms with E-state index in [4.69, 9.17) is 5.73 Å². The van der Waals surface area contributed by atoms with Gasteiger partial charge in [-0.2, -0.15) is 0 Å². The van der Waals surface area contributed by atoms with Crippen LogP contribution >= 0.6 is 24.0 Å². The molecule has 0 bridgehead atoms. The minimum atomic E-state index is -0.314. The molecule has 1 heterocycles. The molecule has 1 aromatic carbocycles. The van der Waals surface area contributed by atoms with Crippen LogP contribution in [0.15, 0.2) is 41.9 Å². The summed E-state index contributed by atoms with van der Waals surface area (Å²) < 4.78 is 15.6. The maximum absolute atomic E-state index is 14.0. The molecule has 0 amide bonds. The van der Waals surface area contributed by atoms with Gasteiger partial charge >= 0.3 is 0 Å². The fourth-order valence-corrected chi connectivity index (χ4v) is 1.78. The fraction of sp³-hybridized carbons (Fsp3) is 0.286.